The van der Waals surface area contributed by atoms with Crippen LogP contribution >= 0.6 is 38.9 Å². The molecule has 19 heavy (non-hydrogen) atoms. The summed E-state index contributed by atoms with van der Waals surface area (Å²) in [5.41, 5.74) is 2.53. The van der Waals surface area contributed by atoms with Crippen molar-refractivity contribution in [3.63, 3.8) is 0 Å². The van der Waals surface area contributed by atoms with Gasteiger partial charge in [0.2, 0.25) is 0 Å². The molecule has 0 saturated carbocycles. The van der Waals surface area contributed by atoms with Crippen molar-refractivity contribution in [1.29, 1.82) is 0 Å². The first-order valence-corrected chi connectivity index (χ1v) is 8.41. The van der Waals surface area contributed by atoms with E-state index in [0.717, 1.165) is 22.5 Å². The summed E-state index contributed by atoms with van der Waals surface area (Å²) in [7, 11) is 0. The number of aryl methyl sites for hydroxylation is 1. The minimum atomic E-state index is 0.194. The molecular formula is C15H17BrClNS. The molecule has 1 nitrogen and oxygen atoms in total. The third-order valence-corrected chi connectivity index (χ3v) is 4.90. The standard InChI is InChI=1S/C15H17BrClNS/c1-3-7-18-15(12-6-8-19-10(12)2)13-9-11(17)4-5-14(13)16/h4-6,8-9,15,18H,3,7H2,1-2H3. The third-order valence-electron chi connectivity index (χ3n) is 3.08. The molecule has 1 unspecified atom stereocenters. The number of thiophene rings is 1. The van der Waals surface area contributed by atoms with E-state index in [1.165, 1.54) is 16.0 Å². The summed E-state index contributed by atoms with van der Waals surface area (Å²) in [6, 6.07) is 8.35. The van der Waals surface area contributed by atoms with Crippen molar-refractivity contribution in [2.75, 3.05) is 6.54 Å². The highest BCUT2D eigenvalue weighted by Gasteiger charge is 2.19. The van der Waals surface area contributed by atoms with Crippen LogP contribution in [0.3, 0.4) is 0 Å². The Morgan fingerprint density at radius 3 is 2.74 bits per heavy atom. The van der Waals surface area contributed by atoms with Gasteiger partial charge in [-0.1, -0.05) is 34.5 Å². The van der Waals surface area contributed by atoms with E-state index < -0.39 is 0 Å². The Labute approximate surface area is 132 Å². The van der Waals surface area contributed by atoms with Gasteiger partial charge in [-0.05, 0) is 60.7 Å². The molecule has 4 heteroatoms. The average molecular weight is 359 g/mol. The van der Waals surface area contributed by atoms with Crippen LogP contribution in [0.25, 0.3) is 0 Å². The lowest BCUT2D eigenvalue weighted by molar-refractivity contribution is 0.596. The maximum absolute atomic E-state index is 6.15. The molecule has 0 aliphatic carbocycles. The fourth-order valence-electron chi connectivity index (χ4n) is 2.11. The van der Waals surface area contributed by atoms with E-state index >= 15 is 0 Å². The van der Waals surface area contributed by atoms with Gasteiger partial charge in [0.25, 0.3) is 0 Å². The topological polar surface area (TPSA) is 12.0 Å². The van der Waals surface area contributed by atoms with Crippen LogP contribution in [0.2, 0.25) is 5.02 Å². The van der Waals surface area contributed by atoms with Crippen LogP contribution in [-0.2, 0) is 0 Å². The molecule has 0 aliphatic heterocycles. The Morgan fingerprint density at radius 1 is 1.32 bits per heavy atom. The number of hydrogen-bond donors (Lipinski definition) is 1. The van der Waals surface area contributed by atoms with Crippen LogP contribution in [0, 0.1) is 6.92 Å². The Balaban J connectivity index is 2.42. The Kier molecular flexibility index (Phi) is 5.46. The van der Waals surface area contributed by atoms with E-state index in [-0.39, 0.29) is 6.04 Å². The molecule has 0 spiro atoms. The van der Waals surface area contributed by atoms with Gasteiger partial charge in [0.15, 0.2) is 0 Å². The predicted molar refractivity (Wildman–Crippen MR) is 88.3 cm³/mol. The normalized spacial score (nSPS) is 12.6. The Morgan fingerprint density at radius 2 is 2.11 bits per heavy atom. The number of nitrogens with one attached hydrogen (secondary N) is 1. The summed E-state index contributed by atoms with van der Waals surface area (Å²) < 4.78 is 1.09. The molecule has 0 saturated heterocycles. The largest absolute Gasteiger partial charge is 0.306 e. The van der Waals surface area contributed by atoms with Crippen LogP contribution in [-0.4, -0.2) is 6.54 Å². The van der Waals surface area contributed by atoms with E-state index in [1.54, 1.807) is 11.3 Å². The van der Waals surface area contributed by atoms with Crippen molar-refractivity contribution in [2.45, 2.75) is 26.3 Å². The number of benzene rings is 1. The highest BCUT2D eigenvalue weighted by Crippen LogP contribution is 2.33. The first-order chi connectivity index (χ1) is 9.13. The lowest BCUT2D eigenvalue weighted by Gasteiger charge is -2.21. The predicted octanol–water partition coefficient (Wildman–Crippen LogP) is 5.56. The first kappa shape index (κ1) is 15.0. The second kappa shape index (κ2) is 6.89. The summed E-state index contributed by atoms with van der Waals surface area (Å²) in [5, 5.41) is 6.53. The second-order valence-corrected chi connectivity index (χ2v) is 6.90. The molecule has 1 heterocycles. The summed E-state index contributed by atoms with van der Waals surface area (Å²) in [5.74, 6) is 0. The molecule has 1 N–H and O–H groups in total. The van der Waals surface area contributed by atoms with Crippen LogP contribution < -0.4 is 5.32 Å². The maximum atomic E-state index is 6.15. The number of halogens is 2. The minimum absolute atomic E-state index is 0.194. The smallest absolute Gasteiger partial charge is 0.0599 e. The van der Waals surface area contributed by atoms with E-state index in [9.17, 15) is 0 Å². The second-order valence-electron chi connectivity index (χ2n) is 4.49. The zero-order valence-electron chi connectivity index (χ0n) is 11.0. The van der Waals surface area contributed by atoms with E-state index in [2.05, 4.69) is 46.5 Å². The van der Waals surface area contributed by atoms with Crippen molar-refractivity contribution in [3.8, 4) is 0 Å². The molecule has 0 amide bonds. The molecule has 2 aromatic rings. The van der Waals surface area contributed by atoms with Gasteiger partial charge >= 0.3 is 0 Å². The molecule has 2 rings (SSSR count). The quantitative estimate of drug-likeness (QED) is 0.737. The van der Waals surface area contributed by atoms with Crippen molar-refractivity contribution < 1.29 is 0 Å². The summed E-state index contributed by atoms with van der Waals surface area (Å²) in [4.78, 5) is 1.35. The van der Waals surface area contributed by atoms with E-state index in [1.807, 2.05) is 18.2 Å². The zero-order valence-corrected chi connectivity index (χ0v) is 14.2. The maximum Gasteiger partial charge on any atom is 0.0599 e. The summed E-state index contributed by atoms with van der Waals surface area (Å²) in [6.45, 7) is 5.33. The third kappa shape index (κ3) is 3.60. The minimum Gasteiger partial charge on any atom is -0.306 e. The summed E-state index contributed by atoms with van der Waals surface area (Å²) >= 11 is 11.6. The van der Waals surface area contributed by atoms with Crippen LogP contribution in [0.5, 0.6) is 0 Å². The van der Waals surface area contributed by atoms with Crippen LogP contribution in [0.1, 0.15) is 35.4 Å². The molecule has 0 radical (unpaired) electrons. The van der Waals surface area contributed by atoms with Gasteiger partial charge in [-0.15, -0.1) is 11.3 Å². The van der Waals surface area contributed by atoms with Gasteiger partial charge in [-0.3, -0.25) is 0 Å². The molecular weight excluding hydrogens is 342 g/mol. The van der Waals surface area contributed by atoms with Crippen LogP contribution in [0.15, 0.2) is 34.1 Å². The van der Waals surface area contributed by atoms with Crippen LogP contribution in [0.4, 0.5) is 0 Å². The molecule has 1 aromatic carbocycles. The van der Waals surface area contributed by atoms with Gasteiger partial charge in [0.1, 0.15) is 0 Å². The summed E-state index contributed by atoms with van der Waals surface area (Å²) in [6.07, 6.45) is 1.11. The molecule has 0 aliphatic rings. The fraction of sp³-hybridized carbons (Fsp3) is 0.333. The van der Waals surface area contributed by atoms with Gasteiger partial charge < -0.3 is 5.32 Å². The van der Waals surface area contributed by atoms with Crippen molar-refractivity contribution in [2.24, 2.45) is 0 Å². The number of hydrogen-bond acceptors (Lipinski definition) is 2. The Bertz CT molecular complexity index is 553. The molecule has 102 valence electrons. The molecule has 0 fully saturated rings. The number of rotatable bonds is 5. The average Bonchev–Trinajstić information content (AvgIpc) is 2.80. The monoisotopic (exact) mass is 357 g/mol. The highest BCUT2D eigenvalue weighted by molar-refractivity contribution is 9.10. The fourth-order valence-corrected chi connectivity index (χ4v) is 3.50. The first-order valence-electron chi connectivity index (χ1n) is 6.35. The molecule has 1 atom stereocenters. The lowest BCUT2D eigenvalue weighted by Crippen LogP contribution is -2.23. The van der Waals surface area contributed by atoms with Crippen molar-refractivity contribution in [3.05, 3.63) is 55.1 Å². The SMILES string of the molecule is CCCNC(c1cc(Cl)ccc1Br)c1ccsc1C. The highest BCUT2D eigenvalue weighted by atomic mass is 79.9. The lowest BCUT2D eigenvalue weighted by atomic mass is 9.99. The van der Waals surface area contributed by atoms with E-state index in [4.69, 9.17) is 11.6 Å². The Hall–Kier alpha value is -0.350. The van der Waals surface area contributed by atoms with Gasteiger partial charge in [0, 0.05) is 14.4 Å². The van der Waals surface area contributed by atoms with Gasteiger partial charge in [0.05, 0.1) is 6.04 Å². The van der Waals surface area contributed by atoms with Crippen molar-refractivity contribution in [1.82, 2.24) is 5.32 Å². The zero-order chi connectivity index (χ0) is 13.8. The van der Waals surface area contributed by atoms with E-state index in [0.29, 0.717) is 0 Å². The van der Waals surface area contributed by atoms with Crippen molar-refractivity contribution >= 4 is 38.9 Å². The molecule has 1 aromatic heterocycles. The molecule has 0 bridgehead atoms. The van der Waals surface area contributed by atoms with Gasteiger partial charge in [-0.2, -0.15) is 0 Å². The van der Waals surface area contributed by atoms with Gasteiger partial charge in [-0.25, -0.2) is 0 Å².